The van der Waals surface area contributed by atoms with E-state index in [0.717, 1.165) is 23.5 Å². The van der Waals surface area contributed by atoms with Crippen LogP contribution in [0.3, 0.4) is 0 Å². The highest BCUT2D eigenvalue weighted by Gasteiger charge is 2.11. The van der Waals surface area contributed by atoms with Crippen LogP contribution in [0, 0.1) is 0 Å². The van der Waals surface area contributed by atoms with Crippen LogP contribution in [0.2, 0.25) is 0 Å². The second-order valence-corrected chi connectivity index (χ2v) is 5.69. The molecule has 1 heterocycles. The van der Waals surface area contributed by atoms with Crippen LogP contribution in [0.15, 0.2) is 41.8 Å². The Morgan fingerprint density at radius 3 is 2.65 bits per heavy atom. The first kappa shape index (κ1) is 14.8. The van der Waals surface area contributed by atoms with E-state index in [2.05, 4.69) is 41.8 Å². The summed E-state index contributed by atoms with van der Waals surface area (Å²) in [6.45, 7) is 4.47. The van der Waals surface area contributed by atoms with Crippen LogP contribution in [0.4, 0.5) is 5.69 Å². The molecule has 2 rings (SSSR count). The summed E-state index contributed by atoms with van der Waals surface area (Å²) in [5, 5.41) is 8.43. The third-order valence-corrected chi connectivity index (χ3v) is 4.10. The van der Waals surface area contributed by atoms with Gasteiger partial charge in [-0.1, -0.05) is 37.3 Å². The molecule has 1 amide bonds. The number of anilines is 1. The molecular formula is C16H20N2OS. The van der Waals surface area contributed by atoms with Crippen LogP contribution in [-0.4, -0.2) is 5.91 Å². The summed E-state index contributed by atoms with van der Waals surface area (Å²) in [5.74, 6) is -0.0280. The van der Waals surface area contributed by atoms with E-state index in [0.29, 0.717) is 6.04 Å². The summed E-state index contributed by atoms with van der Waals surface area (Å²) in [4.78, 5) is 12.3. The van der Waals surface area contributed by atoms with Crippen LogP contribution >= 0.6 is 11.3 Å². The molecule has 106 valence electrons. The van der Waals surface area contributed by atoms with Crippen LogP contribution in [0.25, 0.3) is 0 Å². The second kappa shape index (κ2) is 7.22. The van der Waals surface area contributed by atoms with Crippen molar-refractivity contribution in [1.82, 2.24) is 5.32 Å². The van der Waals surface area contributed by atoms with Crippen molar-refractivity contribution in [1.29, 1.82) is 0 Å². The van der Waals surface area contributed by atoms with Crippen molar-refractivity contribution >= 4 is 22.9 Å². The molecule has 0 saturated carbocycles. The molecule has 0 aliphatic carbocycles. The Labute approximate surface area is 124 Å². The topological polar surface area (TPSA) is 41.1 Å². The van der Waals surface area contributed by atoms with Crippen LogP contribution < -0.4 is 10.6 Å². The lowest BCUT2D eigenvalue weighted by Crippen LogP contribution is -2.20. The van der Waals surface area contributed by atoms with E-state index in [1.807, 2.05) is 17.5 Å². The van der Waals surface area contributed by atoms with Gasteiger partial charge in [0, 0.05) is 24.4 Å². The maximum atomic E-state index is 11.2. The van der Waals surface area contributed by atoms with Gasteiger partial charge in [0.2, 0.25) is 5.91 Å². The molecule has 1 atom stereocenters. The van der Waals surface area contributed by atoms with Crippen molar-refractivity contribution in [3.8, 4) is 0 Å². The average molecular weight is 288 g/mol. The zero-order chi connectivity index (χ0) is 14.4. The third kappa shape index (κ3) is 3.92. The highest BCUT2D eigenvalue weighted by molar-refractivity contribution is 7.10. The average Bonchev–Trinajstić information content (AvgIpc) is 2.87. The number of benzene rings is 1. The monoisotopic (exact) mass is 288 g/mol. The Balaban J connectivity index is 2.00. The van der Waals surface area contributed by atoms with Crippen LogP contribution in [0.5, 0.6) is 0 Å². The maximum Gasteiger partial charge on any atom is 0.221 e. The van der Waals surface area contributed by atoms with Gasteiger partial charge in [-0.15, -0.1) is 11.3 Å². The van der Waals surface area contributed by atoms with Gasteiger partial charge in [-0.25, -0.2) is 0 Å². The van der Waals surface area contributed by atoms with Gasteiger partial charge in [0.25, 0.3) is 0 Å². The smallest absolute Gasteiger partial charge is 0.221 e. The SMILES string of the molecule is CCC(NCc1sccc1NC(C)=O)c1ccccc1. The quantitative estimate of drug-likeness (QED) is 0.845. The van der Waals surface area contributed by atoms with E-state index < -0.39 is 0 Å². The Bertz CT molecular complexity index is 551. The molecule has 2 aromatic rings. The Hall–Kier alpha value is -1.65. The van der Waals surface area contributed by atoms with Gasteiger partial charge >= 0.3 is 0 Å². The lowest BCUT2D eigenvalue weighted by molar-refractivity contribution is -0.114. The van der Waals surface area contributed by atoms with Gasteiger partial charge in [-0.2, -0.15) is 0 Å². The zero-order valence-corrected chi connectivity index (χ0v) is 12.7. The number of carbonyl (C=O) groups is 1. The summed E-state index contributed by atoms with van der Waals surface area (Å²) in [5.41, 5.74) is 2.21. The number of hydrogen-bond acceptors (Lipinski definition) is 3. The van der Waals surface area contributed by atoms with Crippen molar-refractivity contribution in [2.24, 2.45) is 0 Å². The maximum absolute atomic E-state index is 11.2. The molecule has 0 bridgehead atoms. The van der Waals surface area contributed by atoms with E-state index in [1.165, 1.54) is 12.5 Å². The van der Waals surface area contributed by atoms with Crippen molar-refractivity contribution < 1.29 is 4.79 Å². The zero-order valence-electron chi connectivity index (χ0n) is 11.8. The molecule has 20 heavy (non-hydrogen) atoms. The largest absolute Gasteiger partial charge is 0.325 e. The summed E-state index contributed by atoms with van der Waals surface area (Å²) >= 11 is 1.66. The van der Waals surface area contributed by atoms with Gasteiger partial charge in [-0.05, 0) is 23.4 Å². The molecule has 0 aliphatic rings. The third-order valence-electron chi connectivity index (χ3n) is 3.18. The highest BCUT2D eigenvalue weighted by atomic mass is 32.1. The molecule has 2 N–H and O–H groups in total. The predicted octanol–water partition coefficient (Wildman–Crippen LogP) is 3.95. The molecule has 0 aliphatic heterocycles. The molecule has 0 spiro atoms. The van der Waals surface area contributed by atoms with Crippen molar-refractivity contribution in [3.05, 3.63) is 52.2 Å². The van der Waals surface area contributed by atoms with E-state index in [-0.39, 0.29) is 5.91 Å². The van der Waals surface area contributed by atoms with E-state index in [4.69, 9.17) is 0 Å². The van der Waals surface area contributed by atoms with Crippen molar-refractivity contribution in [3.63, 3.8) is 0 Å². The van der Waals surface area contributed by atoms with Crippen molar-refractivity contribution in [2.45, 2.75) is 32.9 Å². The molecule has 0 fully saturated rings. The molecule has 1 aromatic heterocycles. The fourth-order valence-electron chi connectivity index (χ4n) is 2.18. The number of rotatable bonds is 6. The van der Waals surface area contributed by atoms with Crippen molar-refractivity contribution in [2.75, 3.05) is 5.32 Å². The number of thiophene rings is 1. The summed E-state index contributed by atoms with van der Waals surface area (Å²) in [6.07, 6.45) is 1.03. The number of amides is 1. The first-order valence-corrected chi connectivity index (χ1v) is 7.71. The predicted molar refractivity (Wildman–Crippen MR) is 84.9 cm³/mol. The van der Waals surface area contributed by atoms with E-state index in [1.54, 1.807) is 11.3 Å². The van der Waals surface area contributed by atoms with Gasteiger partial charge in [0.1, 0.15) is 0 Å². The lowest BCUT2D eigenvalue weighted by atomic mass is 10.0. The lowest BCUT2D eigenvalue weighted by Gasteiger charge is -2.17. The minimum Gasteiger partial charge on any atom is -0.325 e. The van der Waals surface area contributed by atoms with Gasteiger partial charge in [0.15, 0.2) is 0 Å². The highest BCUT2D eigenvalue weighted by Crippen LogP contribution is 2.24. The van der Waals surface area contributed by atoms with Crippen LogP contribution in [0.1, 0.15) is 36.8 Å². The molecule has 0 radical (unpaired) electrons. The minimum absolute atomic E-state index is 0.0280. The standard InChI is InChI=1S/C16H20N2OS/c1-3-14(13-7-5-4-6-8-13)17-11-16-15(9-10-20-16)18-12(2)19/h4-10,14,17H,3,11H2,1-2H3,(H,18,19). The Morgan fingerprint density at radius 2 is 2.00 bits per heavy atom. The first-order chi connectivity index (χ1) is 9.70. The Kier molecular flexibility index (Phi) is 5.32. The normalized spacial score (nSPS) is 12.1. The minimum atomic E-state index is -0.0280. The molecule has 0 saturated heterocycles. The summed E-state index contributed by atoms with van der Waals surface area (Å²) < 4.78 is 0. The van der Waals surface area contributed by atoms with E-state index in [9.17, 15) is 4.79 Å². The number of hydrogen-bond donors (Lipinski definition) is 2. The van der Waals surface area contributed by atoms with E-state index >= 15 is 0 Å². The number of nitrogens with one attached hydrogen (secondary N) is 2. The Morgan fingerprint density at radius 1 is 1.25 bits per heavy atom. The second-order valence-electron chi connectivity index (χ2n) is 4.69. The molecule has 1 aromatic carbocycles. The summed E-state index contributed by atoms with van der Waals surface area (Å²) in [7, 11) is 0. The molecular weight excluding hydrogens is 268 g/mol. The molecule has 3 nitrogen and oxygen atoms in total. The molecule has 1 unspecified atom stereocenters. The molecule has 4 heteroatoms. The van der Waals surface area contributed by atoms with Gasteiger partial charge in [-0.3, -0.25) is 4.79 Å². The fourth-order valence-corrected chi connectivity index (χ4v) is 2.96. The van der Waals surface area contributed by atoms with Crippen LogP contribution in [-0.2, 0) is 11.3 Å². The van der Waals surface area contributed by atoms with Gasteiger partial charge < -0.3 is 10.6 Å². The summed E-state index contributed by atoms with van der Waals surface area (Å²) in [6, 6.07) is 12.7. The van der Waals surface area contributed by atoms with Gasteiger partial charge in [0.05, 0.1) is 5.69 Å². The fraction of sp³-hybridized carbons (Fsp3) is 0.312. The first-order valence-electron chi connectivity index (χ1n) is 6.83. The number of carbonyl (C=O) groups excluding carboxylic acids is 1.